The molecule has 0 atom stereocenters. The molecule has 1 aliphatic heterocycles. The van der Waals surface area contributed by atoms with Crippen molar-refractivity contribution in [3.8, 4) is 6.07 Å². The molecule has 216 valence electrons. The Morgan fingerprint density at radius 3 is 2.49 bits per heavy atom. The van der Waals surface area contributed by atoms with Crippen LogP contribution in [0.3, 0.4) is 0 Å². The van der Waals surface area contributed by atoms with Gasteiger partial charge < -0.3 is 19.4 Å². The molecule has 41 heavy (non-hydrogen) atoms. The van der Waals surface area contributed by atoms with Crippen LogP contribution < -0.4 is 9.80 Å². The highest BCUT2D eigenvalue weighted by molar-refractivity contribution is 6.31. The smallest absolute Gasteiger partial charge is 0.372 e. The van der Waals surface area contributed by atoms with E-state index < -0.39 is 11.7 Å². The molecule has 1 saturated heterocycles. The monoisotopic (exact) mass is 585 g/mol. The van der Waals surface area contributed by atoms with E-state index in [2.05, 4.69) is 4.90 Å². The van der Waals surface area contributed by atoms with Gasteiger partial charge in [-0.2, -0.15) is 18.4 Å². The summed E-state index contributed by atoms with van der Waals surface area (Å²) in [7, 11) is 1.78. The molecular formula is C30H31ClF3N5O2. The van der Waals surface area contributed by atoms with Crippen molar-refractivity contribution in [3.05, 3.63) is 64.7 Å². The summed E-state index contributed by atoms with van der Waals surface area (Å²) >= 11 is 6.07. The number of ether oxygens (including phenoxy) is 1. The van der Waals surface area contributed by atoms with Crippen LogP contribution in [-0.2, 0) is 15.7 Å². The number of anilines is 2. The summed E-state index contributed by atoms with van der Waals surface area (Å²) in [6.45, 7) is 2.56. The van der Waals surface area contributed by atoms with Gasteiger partial charge in [-0.05, 0) is 74.2 Å². The molecule has 7 nitrogen and oxygen atoms in total. The predicted octanol–water partition coefficient (Wildman–Crippen LogP) is 5.89. The van der Waals surface area contributed by atoms with Crippen LogP contribution in [0.15, 0.2) is 48.5 Å². The van der Waals surface area contributed by atoms with Crippen LogP contribution in [0.5, 0.6) is 0 Å². The Morgan fingerprint density at radius 1 is 1.07 bits per heavy atom. The summed E-state index contributed by atoms with van der Waals surface area (Å²) in [5.41, 5.74) is 0.00882. The molecule has 0 unspecified atom stereocenters. The fraction of sp³-hybridized carbons (Fsp3) is 0.433. The minimum Gasteiger partial charge on any atom is -0.372 e. The van der Waals surface area contributed by atoms with Gasteiger partial charge in [0.15, 0.2) is 0 Å². The van der Waals surface area contributed by atoms with Gasteiger partial charge in [0.05, 0.1) is 28.8 Å². The maximum Gasteiger partial charge on any atom is 0.417 e. The second-order valence-corrected chi connectivity index (χ2v) is 11.0. The highest BCUT2D eigenvalue weighted by atomic mass is 35.5. The first-order valence-electron chi connectivity index (χ1n) is 13.7. The van der Waals surface area contributed by atoms with Crippen molar-refractivity contribution < 1.29 is 22.7 Å². The molecule has 1 aromatic heterocycles. The van der Waals surface area contributed by atoms with Gasteiger partial charge in [-0.15, -0.1) is 0 Å². The number of piperazine rings is 1. The van der Waals surface area contributed by atoms with Crippen LogP contribution in [0.1, 0.15) is 36.8 Å². The SMILES string of the molecule is CN(c1ccc(C#N)c(C(F)(F)F)c1)C1CCC(OCC(=O)N2CCN(c3ccc4cc(Cl)ccc4n3)CC2)CC1. The van der Waals surface area contributed by atoms with E-state index in [-0.39, 0.29) is 30.2 Å². The third-order valence-corrected chi connectivity index (χ3v) is 8.30. The quantitative estimate of drug-likeness (QED) is 0.359. The van der Waals surface area contributed by atoms with E-state index in [0.717, 1.165) is 48.5 Å². The maximum absolute atomic E-state index is 13.4. The lowest BCUT2D eigenvalue weighted by Crippen LogP contribution is -2.50. The van der Waals surface area contributed by atoms with E-state index in [0.29, 0.717) is 36.9 Å². The van der Waals surface area contributed by atoms with E-state index in [9.17, 15) is 18.0 Å². The predicted molar refractivity (Wildman–Crippen MR) is 152 cm³/mol. The van der Waals surface area contributed by atoms with Crippen molar-refractivity contribution in [3.63, 3.8) is 0 Å². The minimum absolute atomic E-state index is 0.0186. The normalized spacial score (nSPS) is 19.7. The zero-order chi connectivity index (χ0) is 29.1. The average Bonchev–Trinajstić information content (AvgIpc) is 2.98. The Labute approximate surface area is 242 Å². The molecule has 1 saturated carbocycles. The molecular weight excluding hydrogens is 555 g/mol. The number of carbonyl (C=O) groups is 1. The molecule has 0 bridgehead atoms. The number of aromatic nitrogens is 1. The number of nitriles is 1. The number of fused-ring (bicyclic) bond motifs is 1. The lowest BCUT2D eigenvalue weighted by atomic mass is 9.91. The first-order valence-corrected chi connectivity index (χ1v) is 14.0. The molecule has 1 amide bonds. The number of benzene rings is 2. The van der Waals surface area contributed by atoms with Gasteiger partial charge >= 0.3 is 6.18 Å². The first-order chi connectivity index (χ1) is 19.6. The Morgan fingerprint density at radius 2 is 1.80 bits per heavy atom. The van der Waals surface area contributed by atoms with E-state index in [1.807, 2.05) is 40.1 Å². The Kier molecular flexibility index (Phi) is 8.57. The summed E-state index contributed by atoms with van der Waals surface area (Å²) in [6, 6.07) is 15.1. The number of halogens is 4. The molecule has 2 fully saturated rings. The van der Waals surface area contributed by atoms with Gasteiger partial charge in [-0.25, -0.2) is 4.98 Å². The third-order valence-electron chi connectivity index (χ3n) is 8.06. The molecule has 2 aliphatic rings. The third kappa shape index (κ3) is 6.68. The van der Waals surface area contributed by atoms with Gasteiger partial charge in [0.1, 0.15) is 12.4 Å². The zero-order valence-electron chi connectivity index (χ0n) is 22.7. The number of pyridine rings is 1. The fourth-order valence-corrected chi connectivity index (χ4v) is 5.80. The standard InChI is InChI=1S/C30H31ClF3N5O2/c1-37(24-5-2-21(18-35)26(17-24)30(32,33)34)23-6-8-25(9-7-23)41-19-29(40)39-14-12-38(13-15-39)28-11-3-20-16-22(31)4-10-27(20)36-28/h2-5,10-11,16-17,23,25H,6-9,12-15,19H2,1H3. The number of rotatable bonds is 6. The van der Waals surface area contributed by atoms with Gasteiger partial charge in [-0.1, -0.05) is 11.6 Å². The van der Waals surface area contributed by atoms with Crippen molar-refractivity contribution in [2.75, 3.05) is 49.6 Å². The summed E-state index contributed by atoms with van der Waals surface area (Å²) in [6.07, 6.45) is -1.74. The molecule has 11 heteroatoms. The number of carbonyl (C=O) groups excluding carboxylic acids is 1. The van der Waals surface area contributed by atoms with E-state index in [1.54, 1.807) is 19.2 Å². The molecule has 0 spiro atoms. The maximum atomic E-state index is 13.4. The number of alkyl halides is 3. The van der Waals surface area contributed by atoms with Crippen LogP contribution in [-0.4, -0.2) is 67.8 Å². The van der Waals surface area contributed by atoms with Crippen molar-refractivity contribution in [1.29, 1.82) is 5.26 Å². The summed E-state index contributed by atoms with van der Waals surface area (Å²) in [5, 5.41) is 10.7. The molecule has 1 aliphatic carbocycles. The van der Waals surface area contributed by atoms with Crippen molar-refractivity contribution in [2.24, 2.45) is 0 Å². The van der Waals surface area contributed by atoms with Crippen molar-refractivity contribution in [1.82, 2.24) is 9.88 Å². The summed E-state index contributed by atoms with van der Waals surface area (Å²) in [5.74, 6) is 0.836. The summed E-state index contributed by atoms with van der Waals surface area (Å²) in [4.78, 5) is 23.4. The van der Waals surface area contributed by atoms with Crippen LogP contribution in [0, 0.1) is 11.3 Å². The van der Waals surface area contributed by atoms with Crippen molar-refractivity contribution >= 4 is 39.9 Å². The molecule has 0 radical (unpaired) electrons. The molecule has 2 heterocycles. The highest BCUT2D eigenvalue weighted by Gasteiger charge is 2.35. The number of hydrogen-bond acceptors (Lipinski definition) is 6. The fourth-order valence-electron chi connectivity index (χ4n) is 5.62. The largest absolute Gasteiger partial charge is 0.417 e. The van der Waals surface area contributed by atoms with Crippen LogP contribution >= 0.6 is 11.6 Å². The first kappa shape index (κ1) is 29.0. The lowest BCUT2D eigenvalue weighted by molar-refractivity contribution is -0.139. The Hall–Kier alpha value is -3.55. The minimum atomic E-state index is -4.59. The zero-order valence-corrected chi connectivity index (χ0v) is 23.5. The lowest BCUT2D eigenvalue weighted by Gasteiger charge is -2.37. The second-order valence-electron chi connectivity index (χ2n) is 10.6. The van der Waals surface area contributed by atoms with E-state index >= 15 is 0 Å². The van der Waals surface area contributed by atoms with E-state index in [4.69, 9.17) is 26.6 Å². The number of nitrogens with zero attached hydrogens (tertiary/aromatic N) is 5. The molecule has 3 aromatic rings. The van der Waals surface area contributed by atoms with Crippen LogP contribution in [0.4, 0.5) is 24.7 Å². The molecule has 2 aromatic carbocycles. The van der Waals surface area contributed by atoms with Gasteiger partial charge in [0.2, 0.25) is 5.91 Å². The number of amides is 1. The highest BCUT2D eigenvalue weighted by Crippen LogP contribution is 2.36. The van der Waals surface area contributed by atoms with Gasteiger partial charge in [0, 0.05) is 55.4 Å². The van der Waals surface area contributed by atoms with E-state index in [1.165, 1.54) is 6.07 Å². The topological polar surface area (TPSA) is 72.7 Å². The Bertz CT molecular complexity index is 1440. The second kappa shape index (κ2) is 12.1. The van der Waals surface area contributed by atoms with Gasteiger partial charge in [-0.3, -0.25) is 4.79 Å². The van der Waals surface area contributed by atoms with Gasteiger partial charge in [0.25, 0.3) is 0 Å². The summed E-state index contributed by atoms with van der Waals surface area (Å²) < 4.78 is 46.1. The van der Waals surface area contributed by atoms with Crippen molar-refractivity contribution in [2.45, 2.75) is 44.0 Å². The van der Waals surface area contributed by atoms with Crippen LogP contribution in [0.25, 0.3) is 10.9 Å². The molecule has 5 rings (SSSR count). The Balaban J connectivity index is 1.07. The van der Waals surface area contributed by atoms with Crippen LogP contribution in [0.2, 0.25) is 5.02 Å². The number of hydrogen-bond donors (Lipinski definition) is 0. The average molecular weight is 586 g/mol. The molecule has 0 N–H and O–H groups in total.